The molecule has 1 N–H and O–H groups in total. The zero-order valence-electron chi connectivity index (χ0n) is 15.9. The maximum absolute atomic E-state index is 14.3. The van der Waals surface area contributed by atoms with Crippen LogP contribution in [0.2, 0.25) is 0 Å². The van der Waals surface area contributed by atoms with E-state index in [0.717, 1.165) is 23.5 Å². The summed E-state index contributed by atoms with van der Waals surface area (Å²) in [4.78, 5) is 9.65. The fraction of sp³-hybridized carbons (Fsp3) is 0.211. The lowest BCUT2D eigenvalue weighted by Crippen LogP contribution is -2.36. The molecule has 6 rings (SSSR count). The van der Waals surface area contributed by atoms with Gasteiger partial charge in [0.2, 0.25) is 0 Å². The van der Waals surface area contributed by atoms with Crippen molar-refractivity contribution in [2.24, 2.45) is 7.05 Å². The molecule has 0 unspecified atom stereocenters. The molecule has 150 valence electrons. The van der Waals surface area contributed by atoms with E-state index in [0.29, 0.717) is 29.7 Å². The predicted octanol–water partition coefficient (Wildman–Crippen LogP) is 2.13. The molecule has 0 aliphatic carbocycles. The fourth-order valence-corrected chi connectivity index (χ4v) is 3.93. The zero-order valence-corrected chi connectivity index (χ0v) is 15.9. The third-order valence-corrected chi connectivity index (χ3v) is 5.37. The van der Waals surface area contributed by atoms with Crippen LogP contribution in [0.25, 0.3) is 17.1 Å². The number of nitrogens with one attached hydrogen (secondary N) is 1. The third kappa shape index (κ3) is 2.44. The Hall–Kier alpha value is -4.02. The minimum absolute atomic E-state index is 0.336. The molecule has 0 aromatic carbocycles. The number of hydrogen-bond donors (Lipinski definition) is 1. The summed E-state index contributed by atoms with van der Waals surface area (Å²) in [5.41, 5.74) is 3.59. The van der Waals surface area contributed by atoms with Crippen molar-refractivity contribution in [1.29, 1.82) is 0 Å². The van der Waals surface area contributed by atoms with Crippen LogP contribution in [-0.2, 0) is 13.5 Å². The molecule has 6 heterocycles. The molecule has 0 saturated carbocycles. The van der Waals surface area contributed by atoms with Gasteiger partial charge in [-0.3, -0.25) is 4.68 Å². The van der Waals surface area contributed by atoms with Crippen molar-refractivity contribution in [2.75, 3.05) is 11.4 Å². The van der Waals surface area contributed by atoms with Crippen LogP contribution in [0, 0.1) is 5.82 Å². The highest BCUT2D eigenvalue weighted by molar-refractivity contribution is 5.54. The number of aromatic amines is 1. The number of pyridine rings is 1. The number of halogens is 1. The first-order valence-electron chi connectivity index (χ1n) is 9.43. The number of fused-ring (bicyclic) bond motifs is 2. The quantitative estimate of drug-likeness (QED) is 0.490. The Labute approximate surface area is 169 Å². The highest BCUT2D eigenvalue weighted by Crippen LogP contribution is 2.37. The lowest BCUT2D eigenvalue weighted by molar-refractivity contribution is 0.500. The van der Waals surface area contributed by atoms with Gasteiger partial charge < -0.3 is 14.3 Å². The van der Waals surface area contributed by atoms with E-state index >= 15 is 0 Å². The molecule has 0 spiro atoms. The number of nitrogens with zero attached hydrogens (tertiary/aromatic N) is 8. The zero-order chi connectivity index (χ0) is 20.2. The Morgan fingerprint density at radius 2 is 2.20 bits per heavy atom. The summed E-state index contributed by atoms with van der Waals surface area (Å²) in [6.45, 7) is 0.614. The summed E-state index contributed by atoms with van der Waals surface area (Å²) in [5.74, 6) is 0.0368. The molecule has 1 atom stereocenters. The lowest BCUT2D eigenvalue weighted by Gasteiger charge is -2.32. The molecule has 5 aromatic rings. The summed E-state index contributed by atoms with van der Waals surface area (Å²) in [5, 5.41) is 17.2. The number of imidazole rings is 1. The van der Waals surface area contributed by atoms with E-state index in [1.165, 1.54) is 10.6 Å². The van der Waals surface area contributed by atoms with Crippen molar-refractivity contribution in [3.63, 3.8) is 0 Å². The Morgan fingerprint density at radius 3 is 3.03 bits per heavy atom. The smallest absolute Gasteiger partial charge is 0.319 e. The second-order valence-corrected chi connectivity index (χ2v) is 7.10. The van der Waals surface area contributed by atoms with Gasteiger partial charge in [-0.2, -0.15) is 10.2 Å². The molecule has 10 nitrogen and oxygen atoms in total. The topological polar surface area (TPSA) is 106 Å². The van der Waals surface area contributed by atoms with Crippen LogP contribution in [0.15, 0.2) is 47.4 Å². The van der Waals surface area contributed by atoms with Crippen molar-refractivity contribution in [2.45, 2.75) is 12.5 Å². The molecule has 0 saturated heterocycles. The van der Waals surface area contributed by atoms with E-state index in [-0.39, 0.29) is 11.9 Å². The van der Waals surface area contributed by atoms with Gasteiger partial charge in [-0.1, -0.05) is 5.10 Å². The number of anilines is 1. The van der Waals surface area contributed by atoms with E-state index in [4.69, 9.17) is 4.42 Å². The second kappa shape index (κ2) is 6.24. The highest BCUT2D eigenvalue weighted by atomic mass is 19.1. The standard InChI is InChI=1S/C19H16FN9O/c1-27-14(4-6-23-27)18-24-25-19(30-18)28-8-5-12-16(22-10-21-12)17(28)13-9-15-11(20)3-2-7-29(15)26-13/h2-4,6-7,9-10,17H,5,8H2,1H3,(H,21,22)/t17-/m1/s1. The fourth-order valence-electron chi connectivity index (χ4n) is 3.93. The van der Waals surface area contributed by atoms with Crippen LogP contribution in [0.3, 0.4) is 0 Å². The Balaban J connectivity index is 1.47. The molecule has 0 radical (unpaired) electrons. The number of aryl methyl sites for hydroxylation is 1. The molecule has 1 aliphatic heterocycles. The summed E-state index contributed by atoms with van der Waals surface area (Å²) >= 11 is 0. The van der Waals surface area contributed by atoms with Gasteiger partial charge in [0.05, 0.1) is 17.7 Å². The first-order valence-corrected chi connectivity index (χ1v) is 9.43. The van der Waals surface area contributed by atoms with Crippen LogP contribution in [-0.4, -0.2) is 46.1 Å². The number of hydrogen-bond acceptors (Lipinski definition) is 7. The van der Waals surface area contributed by atoms with E-state index in [1.54, 1.807) is 35.5 Å². The van der Waals surface area contributed by atoms with Gasteiger partial charge in [-0.15, -0.1) is 5.10 Å². The van der Waals surface area contributed by atoms with Gasteiger partial charge in [-0.25, -0.2) is 13.9 Å². The van der Waals surface area contributed by atoms with E-state index < -0.39 is 0 Å². The van der Waals surface area contributed by atoms with E-state index in [2.05, 4.69) is 30.4 Å². The van der Waals surface area contributed by atoms with E-state index in [9.17, 15) is 4.39 Å². The van der Waals surface area contributed by atoms with Crippen LogP contribution >= 0.6 is 0 Å². The summed E-state index contributed by atoms with van der Waals surface area (Å²) in [6.07, 6.45) is 5.78. The average molecular weight is 405 g/mol. The summed E-state index contributed by atoms with van der Waals surface area (Å²) in [7, 11) is 1.81. The first kappa shape index (κ1) is 16.9. The maximum Gasteiger partial charge on any atom is 0.319 e. The second-order valence-electron chi connectivity index (χ2n) is 7.10. The SMILES string of the molecule is Cn1nccc1-c1nnc(N2CCc3[nH]cnc3[C@H]2c2cc3c(F)cccn3n2)o1. The van der Waals surface area contributed by atoms with Crippen molar-refractivity contribution >= 4 is 11.5 Å². The molecule has 11 heteroatoms. The average Bonchev–Trinajstić information content (AvgIpc) is 3.52. The molecule has 5 aromatic heterocycles. The Bertz CT molecular complexity index is 1360. The molecular formula is C19H16FN9O. The van der Waals surface area contributed by atoms with Crippen molar-refractivity contribution < 1.29 is 8.81 Å². The monoisotopic (exact) mass is 405 g/mol. The molecule has 0 fully saturated rings. The number of rotatable bonds is 3. The van der Waals surface area contributed by atoms with Gasteiger partial charge in [0.25, 0.3) is 5.89 Å². The van der Waals surface area contributed by atoms with E-state index in [1.807, 2.05) is 18.0 Å². The van der Waals surface area contributed by atoms with Gasteiger partial charge >= 0.3 is 6.01 Å². The van der Waals surface area contributed by atoms with Gasteiger partial charge in [-0.05, 0) is 24.3 Å². The maximum atomic E-state index is 14.3. The summed E-state index contributed by atoms with van der Waals surface area (Å²) in [6, 6.07) is 6.53. The normalized spacial score (nSPS) is 16.3. The van der Waals surface area contributed by atoms with Gasteiger partial charge in [0.1, 0.15) is 23.1 Å². The minimum Gasteiger partial charge on any atom is -0.402 e. The first-order chi connectivity index (χ1) is 14.7. The Kier molecular flexibility index (Phi) is 3.51. The summed E-state index contributed by atoms with van der Waals surface area (Å²) < 4.78 is 23.5. The van der Waals surface area contributed by atoms with Crippen molar-refractivity contribution in [3.8, 4) is 11.6 Å². The Morgan fingerprint density at radius 1 is 1.27 bits per heavy atom. The largest absolute Gasteiger partial charge is 0.402 e. The van der Waals surface area contributed by atoms with Crippen molar-refractivity contribution in [1.82, 2.24) is 39.6 Å². The third-order valence-electron chi connectivity index (χ3n) is 5.37. The molecular weight excluding hydrogens is 389 g/mol. The highest BCUT2D eigenvalue weighted by Gasteiger charge is 2.36. The number of aromatic nitrogens is 8. The van der Waals surface area contributed by atoms with Gasteiger partial charge in [0.15, 0.2) is 0 Å². The van der Waals surface area contributed by atoms with Crippen LogP contribution in [0.5, 0.6) is 0 Å². The van der Waals surface area contributed by atoms with Crippen LogP contribution in [0.1, 0.15) is 23.1 Å². The van der Waals surface area contributed by atoms with Crippen LogP contribution in [0.4, 0.5) is 10.4 Å². The van der Waals surface area contributed by atoms with Crippen molar-refractivity contribution in [3.05, 3.63) is 65.9 Å². The predicted molar refractivity (Wildman–Crippen MR) is 103 cm³/mol. The molecule has 1 aliphatic rings. The molecule has 0 amide bonds. The number of H-pyrrole nitrogens is 1. The van der Waals surface area contributed by atoms with Gasteiger partial charge in [0, 0.05) is 38.1 Å². The van der Waals surface area contributed by atoms with Crippen LogP contribution < -0.4 is 4.90 Å². The minimum atomic E-state index is -0.390. The molecule has 0 bridgehead atoms. The molecule has 30 heavy (non-hydrogen) atoms. The lowest BCUT2D eigenvalue weighted by atomic mass is 10.0.